The Morgan fingerprint density at radius 1 is 1.26 bits per heavy atom. The molecule has 2 saturated carbocycles. The first-order valence-electron chi connectivity index (χ1n) is 6.75. The van der Waals surface area contributed by atoms with Crippen molar-refractivity contribution in [2.24, 2.45) is 11.8 Å². The summed E-state index contributed by atoms with van der Waals surface area (Å²) >= 11 is 0. The number of ether oxygens (including phenoxy) is 2. The molecule has 0 heterocycles. The number of aliphatic hydroxyl groups excluding tert-OH is 1. The maximum atomic E-state index is 11.9. The van der Waals surface area contributed by atoms with Gasteiger partial charge in [-0.1, -0.05) is 18.2 Å². The molecule has 19 heavy (non-hydrogen) atoms. The Bertz CT molecular complexity index is 458. The summed E-state index contributed by atoms with van der Waals surface area (Å²) in [5, 5.41) is 9.67. The van der Waals surface area contributed by atoms with Crippen LogP contribution in [0.3, 0.4) is 0 Å². The fraction of sp³-hybridized carbons (Fsp3) is 0.533. The summed E-state index contributed by atoms with van der Waals surface area (Å²) in [5.74, 6) is 1.02. The monoisotopic (exact) mass is 262 g/mol. The van der Waals surface area contributed by atoms with Gasteiger partial charge in [0.25, 0.3) is 0 Å². The van der Waals surface area contributed by atoms with E-state index >= 15 is 0 Å². The summed E-state index contributed by atoms with van der Waals surface area (Å²) in [5.41, 5.74) is 0. The van der Waals surface area contributed by atoms with Gasteiger partial charge in [0.05, 0.1) is 6.10 Å². The van der Waals surface area contributed by atoms with Crippen LogP contribution >= 0.6 is 0 Å². The third kappa shape index (κ3) is 2.59. The zero-order valence-electron chi connectivity index (χ0n) is 10.9. The molecule has 4 heteroatoms. The number of rotatable bonds is 4. The van der Waals surface area contributed by atoms with Gasteiger partial charge in [0, 0.05) is 12.3 Å². The van der Waals surface area contributed by atoms with Crippen molar-refractivity contribution in [2.45, 2.75) is 38.1 Å². The largest absolute Gasteiger partial charge is 0.479 e. The summed E-state index contributed by atoms with van der Waals surface area (Å²) in [6, 6.07) is 9.22. The molecule has 0 amide bonds. The maximum Gasteiger partial charge on any atom is 0.347 e. The number of carbonyl (C=O) groups excluding carboxylic acids is 1. The Morgan fingerprint density at radius 3 is 2.58 bits per heavy atom. The van der Waals surface area contributed by atoms with Crippen LogP contribution < -0.4 is 4.74 Å². The molecule has 5 atom stereocenters. The lowest BCUT2D eigenvalue weighted by molar-refractivity contribution is -0.157. The quantitative estimate of drug-likeness (QED) is 0.840. The predicted molar refractivity (Wildman–Crippen MR) is 68.6 cm³/mol. The number of hydrogen-bond acceptors (Lipinski definition) is 4. The average molecular weight is 262 g/mol. The highest BCUT2D eigenvalue weighted by Gasteiger charge is 2.55. The lowest BCUT2D eigenvalue weighted by atomic mass is 10.2. The molecule has 0 saturated heterocycles. The molecule has 0 aromatic heterocycles. The minimum absolute atomic E-state index is 0.130. The first-order chi connectivity index (χ1) is 9.15. The van der Waals surface area contributed by atoms with Gasteiger partial charge in [0.2, 0.25) is 0 Å². The average Bonchev–Trinajstić information content (AvgIpc) is 3.13. The Hall–Kier alpha value is -1.55. The molecule has 2 fully saturated rings. The number of aliphatic hydroxyl groups is 1. The summed E-state index contributed by atoms with van der Waals surface area (Å²) in [4.78, 5) is 11.9. The SMILES string of the molecule is C[C@@H](Oc1ccccc1)C(=O)O[C@H]1C[C@@H](O)C2CC21. The van der Waals surface area contributed by atoms with Crippen LogP contribution in [0.2, 0.25) is 0 Å². The minimum Gasteiger partial charge on any atom is -0.479 e. The van der Waals surface area contributed by atoms with Gasteiger partial charge in [0.15, 0.2) is 6.10 Å². The molecular formula is C15H18O4. The van der Waals surface area contributed by atoms with E-state index in [4.69, 9.17) is 9.47 Å². The summed E-state index contributed by atoms with van der Waals surface area (Å²) < 4.78 is 11.0. The number of fused-ring (bicyclic) bond motifs is 1. The summed E-state index contributed by atoms with van der Waals surface area (Å²) in [6.07, 6.45) is 0.492. The normalized spacial score (nSPS) is 33.4. The fourth-order valence-corrected chi connectivity index (χ4v) is 2.83. The zero-order chi connectivity index (χ0) is 13.4. The molecule has 1 aromatic rings. The van der Waals surface area contributed by atoms with E-state index in [1.165, 1.54) is 0 Å². The molecule has 0 radical (unpaired) electrons. The third-order valence-electron chi connectivity index (χ3n) is 3.99. The van der Waals surface area contributed by atoms with Gasteiger partial charge < -0.3 is 14.6 Å². The predicted octanol–water partition coefficient (Wildman–Crippen LogP) is 1.77. The molecule has 2 aliphatic carbocycles. The molecule has 1 aromatic carbocycles. The number of esters is 1. The van der Waals surface area contributed by atoms with Crippen LogP contribution in [0.1, 0.15) is 19.8 Å². The van der Waals surface area contributed by atoms with Crippen molar-refractivity contribution in [3.63, 3.8) is 0 Å². The molecule has 1 N–H and O–H groups in total. The van der Waals surface area contributed by atoms with Gasteiger partial charge >= 0.3 is 5.97 Å². The van der Waals surface area contributed by atoms with E-state index in [1.54, 1.807) is 19.1 Å². The second-order valence-corrected chi connectivity index (χ2v) is 5.41. The van der Waals surface area contributed by atoms with E-state index in [-0.39, 0.29) is 18.2 Å². The van der Waals surface area contributed by atoms with E-state index in [2.05, 4.69) is 0 Å². The smallest absolute Gasteiger partial charge is 0.347 e. The van der Waals surface area contributed by atoms with Crippen LogP contribution in [-0.4, -0.2) is 29.4 Å². The fourth-order valence-electron chi connectivity index (χ4n) is 2.83. The molecule has 0 aliphatic heterocycles. The van der Waals surface area contributed by atoms with Gasteiger partial charge in [-0.3, -0.25) is 0 Å². The van der Waals surface area contributed by atoms with Gasteiger partial charge in [-0.05, 0) is 31.4 Å². The number of benzene rings is 1. The second kappa shape index (κ2) is 4.85. The highest BCUT2D eigenvalue weighted by atomic mass is 16.6. The van der Waals surface area contributed by atoms with Crippen molar-refractivity contribution in [1.29, 1.82) is 0 Å². The molecule has 102 valence electrons. The van der Waals surface area contributed by atoms with Crippen LogP contribution in [0.4, 0.5) is 0 Å². The van der Waals surface area contributed by atoms with Crippen molar-refractivity contribution >= 4 is 5.97 Å². The van der Waals surface area contributed by atoms with Crippen LogP contribution in [0.15, 0.2) is 30.3 Å². The van der Waals surface area contributed by atoms with Crippen LogP contribution in [0.25, 0.3) is 0 Å². The van der Waals surface area contributed by atoms with Crippen molar-refractivity contribution in [3.05, 3.63) is 30.3 Å². The highest BCUT2D eigenvalue weighted by Crippen LogP contribution is 2.53. The van der Waals surface area contributed by atoms with Gasteiger partial charge in [-0.25, -0.2) is 4.79 Å². The Balaban J connectivity index is 1.53. The number of carbonyl (C=O) groups is 1. The first kappa shape index (κ1) is 12.5. The summed E-state index contributed by atoms with van der Waals surface area (Å²) in [7, 11) is 0. The minimum atomic E-state index is -0.627. The maximum absolute atomic E-state index is 11.9. The molecule has 3 rings (SSSR count). The lowest BCUT2D eigenvalue weighted by Gasteiger charge is -2.18. The Morgan fingerprint density at radius 2 is 2.00 bits per heavy atom. The number of hydrogen-bond donors (Lipinski definition) is 1. The van der Waals surface area contributed by atoms with Gasteiger partial charge in [-0.2, -0.15) is 0 Å². The van der Waals surface area contributed by atoms with Crippen LogP contribution in [0, 0.1) is 11.8 Å². The lowest BCUT2D eigenvalue weighted by Crippen LogP contribution is -2.30. The van der Waals surface area contributed by atoms with Crippen molar-refractivity contribution in [1.82, 2.24) is 0 Å². The molecular weight excluding hydrogens is 244 g/mol. The highest BCUT2D eigenvalue weighted by molar-refractivity contribution is 5.75. The van der Waals surface area contributed by atoms with E-state index in [9.17, 15) is 9.90 Å². The molecule has 2 aliphatic rings. The van der Waals surface area contributed by atoms with Crippen molar-refractivity contribution < 1.29 is 19.4 Å². The summed E-state index contributed by atoms with van der Waals surface area (Å²) in [6.45, 7) is 1.69. The first-order valence-corrected chi connectivity index (χ1v) is 6.75. The standard InChI is InChI=1S/C15H18O4/c1-9(18-10-5-3-2-4-6-10)15(17)19-14-8-13(16)11-7-12(11)14/h2-6,9,11-14,16H,7-8H2,1H3/t9-,11?,12?,13-,14+/m1/s1. The van der Waals surface area contributed by atoms with Crippen molar-refractivity contribution in [3.8, 4) is 5.75 Å². The molecule has 4 nitrogen and oxygen atoms in total. The van der Waals surface area contributed by atoms with Gasteiger partial charge in [-0.15, -0.1) is 0 Å². The Labute approximate surface area is 112 Å². The molecule has 2 unspecified atom stereocenters. The zero-order valence-corrected chi connectivity index (χ0v) is 10.9. The number of para-hydroxylation sites is 1. The molecule has 0 bridgehead atoms. The van der Waals surface area contributed by atoms with Crippen LogP contribution in [-0.2, 0) is 9.53 Å². The van der Waals surface area contributed by atoms with E-state index in [0.29, 0.717) is 24.0 Å². The molecule has 0 spiro atoms. The van der Waals surface area contributed by atoms with E-state index in [0.717, 1.165) is 6.42 Å². The van der Waals surface area contributed by atoms with Crippen LogP contribution in [0.5, 0.6) is 5.75 Å². The van der Waals surface area contributed by atoms with E-state index < -0.39 is 6.10 Å². The van der Waals surface area contributed by atoms with E-state index in [1.807, 2.05) is 18.2 Å². The second-order valence-electron chi connectivity index (χ2n) is 5.41. The third-order valence-corrected chi connectivity index (χ3v) is 3.99. The Kier molecular flexibility index (Phi) is 3.19. The van der Waals surface area contributed by atoms with Crippen molar-refractivity contribution in [2.75, 3.05) is 0 Å². The van der Waals surface area contributed by atoms with Gasteiger partial charge in [0.1, 0.15) is 11.9 Å². The topological polar surface area (TPSA) is 55.8 Å².